The highest BCUT2D eigenvalue weighted by Gasteiger charge is 2.20. The number of hydrogen-bond acceptors (Lipinski definition) is 4. The van der Waals surface area contributed by atoms with Gasteiger partial charge in [-0.2, -0.15) is 0 Å². The number of hydrogen-bond donors (Lipinski definition) is 1. The fraction of sp³-hybridized carbons (Fsp3) is 0.409. The van der Waals surface area contributed by atoms with Gasteiger partial charge >= 0.3 is 0 Å². The van der Waals surface area contributed by atoms with Gasteiger partial charge < -0.3 is 19.9 Å². The molecule has 8 heteroatoms. The minimum Gasteiger partial charge on any atom is -0.497 e. The van der Waals surface area contributed by atoms with Gasteiger partial charge in [0.1, 0.15) is 5.75 Å². The zero-order valence-corrected chi connectivity index (χ0v) is 20.8. The molecule has 1 aliphatic heterocycles. The van der Waals surface area contributed by atoms with E-state index in [1.54, 1.807) is 7.11 Å². The van der Waals surface area contributed by atoms with Crippen molar-refractivity contribution in [2.75, 3.05) is 57.0 Å². The van der Waals surface area contributed by atoms with Crippen LogP contribution < -0.4 is 15.0 Å². The summed E-state index contributed by atoms with van der Waals surface area (Å²) < 4.78 is 17.7. The molecule has 1 aliphatic rings. The number of guanidine groups is 1. The van der Waals surface area contributed by atoms with E-state index < -0.39 is 10.8 Å². The van der Waals surface area contributed by atoms with E-state index in [0.29, 0.717) is 12.3 Å². The van der Waals surface area contributed by atoms with Crippen LogP contribution >= 0.6 is 24.0 Å². The number of anilines is 1. The second-order valence-electron chi connectivity index (χ2n) is 6.77. The SMILES string of the molecule is CCNC(=NCCS(=O)c1ccccc1)N1CCN(c2cccc(OC)c2)CC1.I. The van der Waals surface area contributed by atoms with Crippen LogP contribution in [0.25, 0.3) is 0 Å². The monoisotopic (exact) mass is 542 g/mol. The zero-order chi connectivity index (χ0) is 20.5. The van der Waals surface area contributed by atoms with Gasteiger partial charge in [-0.3, -0.25) is 9.20 Å². The lowest BCUT2D eigenvalue weighted by Gasteiger charge is -2.37. The number of piperazine rings is 1. The summed E-state index contributed by atoms with van der Waals surface area (Å²) in [5.41, 5.74) is 1.18. The van der Waals surface area contributed by atoms with Gasteiger partial charge in [0.15, 0.2) is 5.96 Å². The molecular weight excluding hydrogens is 511 g/mol. The van der Waals surface area contributed by atoms with E-state index >= 15 is 0 Å². The summed E-state index contributed by atoms with van der Waals surface area (Å²) in [5, 5.41) is 3.38. The van der Waals surface area contributed by atoms with Gasteiger partial charge in [0.25, 0.3) is 0 Å². The molecule has 6 nitrogen and oxygen atoms in total. The van der Waals surface area contributed by atoms with E-state index in [1.165, 1.54) is 5.69 Å². The van der Waals surface area contributed by atoms with E-state index in [-0.39, 0.29) is 24.0 Å². The summed E-state index contributed by atoms with van der Waals surface area (Å²) in [4.78, 5) is 10.2. The number of aliphatic imine (C=N–C) groups is 1. The van der Waals surface area contributed by atoms with E-state index in [0.717, 1.165) is 49.3 Å². The van der Waals surface area contributed by atoms with Gasteiger partial charge in [-0.25, -0.2) is 0 Å². The normalized spacial score (nSPS) is 15.3. The first-order chi connectivity index (χ1) is 14.2. The lowest BCUT2D eigenvalue weighted by atomic mass is 10.2. The Balaban J connectivity index is 0.00000320. The topological polar surface area (TPSA) is 57.2 Å². The maximum Gasteiger partial charge on any atom is 0.194 e. The number of halogens is 1. The van der Waals surface area contributed by atoms with Crippen molar-refractivity contribution in [1.82, 2.24) is 10.2 Å². The lowest BCUT2D eigenvalue weighted by molar-refractivity contribution is 0.372. The second-order valence-corrected chi connectivity index (χ2v) is 8.34. The molecule has 0 bridgehead atoms. The Morgan fingerprint density at radius 3 is 2.50 bits per heavy atom. The molecular formula is C22H31IN4O2S. The van der Waals surface area contributed by atoms with Crippen molar-refractivity contribution >= 4 is 46.4 Å². The number of benzene rings is 2. The number of nitrogens with zero attached hydrogens (tertiary/aromatic N) is 3. The van der Waals surface area contributed by atoms with Crippen LogP contribution in [0.2, 0.25) is 0 Å². The fourth-order valence-electron chi connectivity index (χ4n) is 3.33. The number of rotatable bonds is 7. The Labute approximate surface area is 199 Å². The zero-order valence-electron chi connectivity index (χ0n) is 17.6. The molecule has 0 radical (unpaired) electrons. The predicted molar refractivity (Wildman–Crippen MR) is 136 cm³/mol. The molecule has 1 saturated heterocycles. The first-order valence-electron chi connectivity index (χ1n) is 10.1. The maximum absolute atomic E-state index is 12.4. The third kappa shape index (κ3) is 6.87. The lowest BCUT2D eigenvalue weighted by Crippen LogP contribution is -2.52. The molecule has 164 valence electrons. The van der Waals surface area contributed by atoms with Gasteiger partial charge in [-0.05, 0) is 31.2 Å². The molecule has 0 aromatic heterocycles. The van der Waals surface area contributed by atoms with Crippen molar-refractivity contribution in [3.8, 4) is 5.75 Å². The number of nitrogens with one attached hydrogen (secondary N) is 1. The summed E-state index contributed by atoms with van der Waals surface area (Å²) >= 11 is 0. The van der Waals surface area contributed by atoms with Gasteiger partial charge in [-0.15, -0.1) is 24.0 Å². The van der Waals surface area contributed by atoms with Crippen molar-refractivity contribution in [3.05, 3.63) is 54.6 Å². The van der Waals surface area contributed by atoms with E-state index in [2.05, 4.69) is 34.2 Å². The van der Waals surface area contributed by atoms with Crippen LogP contribution in [0.3, 0.4) is 0 Å². The molecule has 2 aromatic carbocycles. The minimum absolute atomic E-state index is 0. The number of methoxy groups -OCH3 is 1. The Morgan fingerprint density at radius 1 is 1.10 bits per heavy atom. The molecule has 2 aromatic rings. The van der Waals surface area contributed by atoms with E-state index in [1.807, 2.05) is 42.5 Å². The van der Waals surface area contributed by atoms with Crippen molar-refractivity contribution in [1.29, 1.82) is 0 Å². The Kier molecular flexibility index (Phi) is 10.4. The van der Waals surface area contributed by atoms with Crippen LogP contribution in [0, 0.1) is 0 Å². The predicted octanol–water partition coefficient (Wildman–Crippen LogP) is 3.21. The minimum atomic E-state index is -1.02. The average Bonchev–Trinajstić information content (AvgIpc) is 2.79. The summed E-state index contributed by atoms with van der Waals surface area (Å²) in [6, 6.07) is 17.8. The third-order valence-electron chi connectivity index (χ3n) is 4.88. The molecule has 1 N–H and O–H groups in total. The first kappa shape index (κ1) is 24.5. The second kappa shape index (κ2) is 12.8. The third-order valence-corrected chi connectivity index (χ3v) is 6.23. The van der Waals surface area contributed by atoms with Crippen LogP contribution in [0.4, 0.5) is 5.69 Å². The van der Waals surface area contributed by atoms with Crippen LogP contribution in [-0.2, 0) is 10.8 Å². The summed E-state index contributed by atoms with van der Waals surface area (Å²) in [6.07, 6.45) is 0. The molecule has 1 heterocycles. The standard InChI is InChI=1S/C22H30N4O2S.HI/c1-3-23-22(24-12-17-29(27)21-10-5-4-6-11-21)26-15-13-25(14-16-26)19-8-7-9-20(18-19)28-2;/h4-11,18H,3,12-17H2,1-2H3,(H,23,24);1H. The van der Waals surface area contributed by atoms with Crippen molar-refractivity contribution in [3.63, 3.8) is 0 Å². The molecule has 0 amide bonds. The van der Waals surface area contributed by atoms with Crippen LogP contribution in [0.1, 0.15) is 6.92 Å². The fourth-order valence-corrected chi connectivity index (χ4v) is 4.29. The molecule has 1 unspecified atom stereocenters. The molecule has 1 fully saturated rings. The van der Waals surface area contributed by atoms with E-state index in [9.17, 15) is 4.21 Å². The molecule has 0 aliphatic carbocycles. The van der Waals surface area contributed by atoms with Crippen molar-refractivity contribution in [2.24, 2.45) is 4.99 Å². The largest absolute Gasteiger partial charge is 0.497 e. The smallest absolute Gasteiger partial charge is 0.194 e. The van der Waals surface area contributed by atoms with E-state index in [4.69, 9.17) is 9.73 Å². The highest BCUT2D eigenvalue weighted by atomic mass is 127. The quantitative estimate of drug-likeness (QED) is 0.331. The maximum atomic E-state index is 12.4. The van der Waals surface area contributed by atoms with Crippen LogP contribution in [-0.4, -0.2) is 67.2 Å². The van der Waals surface area contributed by atoms with Gasteiger partial charge in [0, 0.05) is 55.1 Å². The summed E-state index contributed by atoms with van der Waals surface area (Å²) in [6.45, 7) is 7.07. The Hall–Kier alpha value is -1.81. The highest BCUT2D eigenvalue weighted by Crippen LogP contribution is 2.22. The first-order valence-corrected chi connectivity index (χ1v) is 11.4. The Morgan fingerprint density at radius 2 is 1.83 bits per heavy atom. The summed E-state index contributed by atoms with van der Waals surface area (Å²) in [7, 11) is 0.679. The average molecular weight is 542 g/mol. The molecule has 0 spiro atoms. The molecule has 3 rings (SSSR count). The molecule has 0 saturated carbocycles. The van der Waals surface area contributed by atoms with Crippen LogP contribution in [0.5, 0.6) is 5.75 Å². The van der Waals surface area contributed by atoms with Crippen molar-refractivity contribution < 1.29 is 8.95 Å². The van der Waals surface area contributed by atoms with Gasteiger partial charge in [-0.1, -0.05) is 24.3 Å². The number of ether oxygens (including phenoxy) is 1. The van der Waals surface area contributed by atoms with Gasteiger partial charge in [0.2, 0.25) is 0 Å². The summed E-state index contributed by atoms with van der Waals surface area (Å²) in [5.74, 6) is 2.32. The highest BCUT2D eigenvalue weighted by molar-refractivity contribution is 14.0. The molecule has 30 heavy (non-hydrogen) atoms. The Bertz CT molecular complexity index is 827. The molecule has 1 atom stereocenters. The van der Waals surface area contributed by atoms with Crippen molar-refractivity contribution in [2.45, 2.75) is 11.8 Å². The van der Waals surface area contributed by atoms with Crippen LogP contribution in [0.15, 0.2) is 64.5 Å². The van der Waals surface area contributed by atoms with Gasteiger partial charge in [0.05, 0.1) is 24.5 Å².